The average Bonchev–Trinajstić information content (AvgIpc) is 2.49. The molecule has 0 aliphatic heterocycles. The van der Waals surface area contributed by atoms with Crippen LogP contribution in [0, 0.1) is 5.82 Å². The average molecular weight is 270 g/mol. The first-order valence-corrected chi connectivity index (χ1v) is 7.29. The molecule has 0 spiro atoms. The third kappa shape index (κ3) is 2.98. The lowest BCUT2D eigenvalue weighted by atomic mass is 9.97. The van der Waals surface area contributed by atoms with Gasteiger partial charge in [-0.25, -0.2) is 4.39 Å². The van der Waals surface area contributed by atoms with Crippen LogP contribution in [0.15, 0.2) is 42.1 Å². The molecule has 0 saturated heterocycles. The second-order valence-electron chi connectivity index (χ2n) is 5.30. The summed E-state index contributed by atoms with van der Waals surface area (Å²) in [7, 11) is 0. The molecule has 1 N–H and O–H groups in total. The smallest absolute Gasteiger partial charge is 0.124 e. The Morgan fingerprint density at radius 3 is 3.00 bits per heavy atom. The molecule has 20 heavy (non-hydrogen) atoms. The Morgan fingerprint density at radius 1 is 1.20 bits per heavy atom. The molecule has 0 bridgehead atoms. The van der Waals surface area contributed by atoms with E-state index in [1.54, 1.807) is 23.9 Å². The second-order valence-corrected chi connectivity index (χ2v) is 5.30. The summed E-state index contributed by atoms with van der Waals surface area (Å²) in [5.74, 6) is -0.219. The highest BCUT2D eigenvalue weighted by atomic mass is 19.1. The molecule has 1 aliphatic carbocycles. The van der Waals surface area contributed by atoms with Crippen molar-refractivity contribution in [3.8, 4) is 0 Å². The van der Waals surface area contributed by atoms with Crippen LogP contribution < -0.4 is 5.32 Å². The van der Waals surface area contributed by atoms with E-state index in [1.807, 2.05) is 6.07 Å². The maximum atomic E-state index is 13.4. The number of allylic oxidation sites excluding steroid dienone is 1. The second kappa shape index (κ2) is 6.04. The fraction of sp³-hybridized carbons (Fsp3) is 0.353. The molecule has 0 radical (unpaired) electrons. The highest BCUT2D eigenvalue weighted by molar-refractivity contribution is 5.90. The highest BCUT2D eigenvalue weighted by Gasteiger charge is 2.05. The van der Waals surface area contributed by atoms with Gasteiger partial charge in [-0.15, -0.1) is 0 Å². The lowest BCUT2D eigenvalue weighted by molar-refractivity contribution is 0.629. The van der Waals surface area contributed by atoms with Gasteiger partial charge in [0.1, 0.15) is 5.82 Å². The largest absolute Gasteiger partial charge is 0.384 e. The Kier molecular flexibility index (Phi) is 3.95. The summed E-state index contributed by atoms with van der Waals surface area (Å²) in [5.41, 5.74) is 3.34. The predicted molar refractivity (Wildman–Crippen MR) is 81.4 cm³/mol. The fourth-order valence-corrected chi connectivity index (χ4v) is 2.76. The van der Waals surface area contributed by atoms with E-state index in [4.69, 9.17) is 0 Å². The van der Waals surface area contributed by atoms with Gasteiger partial charge in [0, 0.05) is 23.8 Å². The van der Waals surface area contributed by atoms with Gasteiger partial charge in [0.05, 0.1) is 5.52 Å². The maximum Gasteiger partial charge on any atom is 0.124 e. The van der Waals surface area contributed by atoms with Crippen LogP contribution in [0.25, 0.3) is 10.9 Å². The highest BCUT2D eigenvalue weighted by Crippen LogP contribution is 2.24. The fourth-order valence-electron chi connectivity index (χ4n) is 2.76. The topological polar surface area (TPSA) is 24.9 Å². The monoisotopic (exact) mass is 270 g/mol. The van der Waals surface area contributed by atoms with Crippen LogP contribution in [0.5, 0.6) is 0 Å². The molecule has 0 amide bonds. The van der Waals surface area contributed by atoms with Gasteiger partial charge in [0.2, 0.25) is 0 Å². The molecule has 1 aromatic heterocycles. The Balaban J connectivity index is 1.71. The van der Waals surface area contributed by atoms with Crippen molar-refractivity contribution in [2.24, 2.45) is 0 Å². The van der Waals surface area contributed by atoms with E-state index in [9.17, 15) is 4.39 Å². The summed E-state index contributed by atoms with van der Waals surface area (Å²) in [6, 6.07) is 6.63. The van der Waals surface area contributed by atoms with E-state index in [0.717, 1.165) is 29.6 Å². The summed E-state index contributed by atoms with van der Waals surface area (Å²) >= 11 is 0. The van der Waals surface area contributed by atoms with Crippen LogP contribution in [0.3, 0.4) is 0 Å². The summed E-state index contributed by atoms with van der Waals surface area (Å²) in [4.78, 5) is 4.26. The zero-order chi connectivity index (χ0) is 13.8. The number of aromatic nitrogens is 1. The number of nitrogens with one attached hydrogen (secondary N) is 1. The van der Waals surface area contributed by atoms with Crippen molar-refractivity contribution in [2.75, 3.05) is 11.9 Å². The van der Waals surface area contributed by atoms with Crippen LogP contribution in [-0.2, 0) is 0 Å². The van der Waals surface area contributed by atoms with Gasteiger partial charge >= 0.3 is 0 Å². The molecule has 2 nitrogen and oxygen atoms in total. The lowest BCUT2D eigenvalue weighted by Gasteiger charge is -2.14. The van der Waals surface area contributed by atoms with Gasteiger partial charge in [0.25, 0.3) is 0 Å². The zero-order valence-electron chi connectivity index (χ0n) is 11.5. The van der Waals surface area contributed by atoms with Crippen LogP contribution in [0.2, 0.25) is 0 Å². The van der Waals surface area contributed by atoms with E-state index in [1.165, 1.54) is 31.7 Å². The van der Waals surface area contributed by atoms with Gasteiger partial charge in [-0.05, 0) is 56.4 Å². The van der Waals surface area contributed by atoms with E-state index in [-0.39, 0.29) is 5.82 Å². The molecule has 0 fully saturated rings. The van der Waals surface area contributed by atoms with Gasteiger partial charge < -0.3 is 5.32 Å². The number of pyridine rings is 1. The molecule has 104 valence electrons. The minimum absolute atomic E-state index is 0.219. The Hall–Kier alpha value is -1.90. The SMILES string of the molecule is Fc1ccc2nccc(NCCC3=CCCCC3)c2c1. The number of hydrogen-bond donors (Lipinski definition) is 1. The van der Waals surface area contributed by atoms with E-state index >= 15 is 0 Å². The number of fused-ring (bicyclic) bond motifs is 1. The Bertz CT molecular complexity index is 634. The van der Waals surface area contributed by atoms with Crippen LogP contribution in [0.1, 0.15) is 32.1 Å². The van der Waals surface area contributed by atoms with Crippen molar-refractivity contribution < 1.29 is 4.39 Å². The molecule has 1 aliphatic rings. The van der Waals surface area contributed by atoms with E-state index in [2.05, 4.69) is 16.4 Å². The Labute approximate surface area is 118 Å². The molecule has 3 heteroatoms. The summed E-state index contributed by atoms with van der Waals surface area (Å²) in [6.45, 7) is 0.890. The van der Waals surface area contributed by atoms with Gasteiger partial charge in [0.15, 0.2) is 0 Å². The number of nitrogens with zero attached hydrogens (tertiary/aromatic N) is 1. The summed E-state index contributed by atoms with van der Waals surface area (Å²) in [6.07, 6.45) is 10.3. The number of anilines is 1. The number of hydrogen-bond acceptors (Lipinski definition) is 2. The van der Waals surface area contributed by atoms with Crippen molar-refractivity contribution in [3.05, 3.63) is 47.9 Å². The van der Waals surface area contributed by atoms with Gasteiger partial charge in [-0.3, -0.25) is 4.98 Å². The first-order valence-electron chi connectivity index (χ1n) is 7.29. The number of halogens is 1. The molecule has 0 unspecified atom stereocenters. The molecule has 0 saturated carbocycles. The number of rotatable bonds is 4. The number of benzene rings is 1. The van der Waals surface area contributed by atoms with Crippen molar-refractivity contribution in [1.29, 1.82) is 0 Å². The first-order chi connectivity index (χ1) is 9.83. The third-order valence-electron chi connectivity index (χ3n) is 3.85. The normalized spacial score (nSPS) is 15.2. The van der Waals surface area contributed by atoms with Crippen LogP contribution >= 0.6 is 0 Å². The first kappa shape index (κ1) is 13.1. The third-order valence-corrected chi connectivity index (χ3v) is 3.85. The maximum absolute atomic E-state index is 13.4. The van der Waals surface area contributed by atoms with Crippen molar-refractivity contribution in [1.82, 2.24) is 4.98 Å². The van der Waals surface area contributed by atoms with Crippen LogP contribution in [-0.4, -0.2) is 11.5 Å². The predicted octanol–water partition coefficient (Wildman–Crippen LogP) is 4.68. The molecule has 1 aromatic carbocycles. The van der Waals surface area contributed by atoms with Crippen molar-refractivity contribution >= 4 is 16.6 Å². The standard InChI is InChI=1S/C17H19FN2/c18-14-6-7-16-15(12-14)17(9-11-20-16)19-10-8-13-4-2-1-3-5-13/h4,6-7,9,11-12H,1-3,5,8,10H2,(H,19,20). The minimum atomic E-state index is -0.219. The molecule has 1 heterocycles. The quantitative estimate of drug-likeness (QED) is 0.816. The van der Waals surface area contributed by atoms with E-state index < -0.39 is 0 Å². The summed E-state index contributed by atoms with van der Waals surface area (Å²) in [5, 5.41) is 4.27. The molecule has 2 aromatic rings. The zero-order valence-corrected chi connectivity index (χ0v) is 11.5. The Morgan fingerprint density at radius 2 is 2.15 bits per heavy atom. The van der Waals surface area contributed by atoms with Crippen molar-refractivity contribution in [2.45, 2.75) is 32.1 Å². The van der Waals surface area contributed by atoms with Gasteiger partial charge in [-0.1, -0.05) is 11.6 Å². The minimum Gasteiger partial charge on any atom is -0.384 e. The summed E-state index contributed by atoms with van der Waals surface area (Å²) < 4.78 is 13.4. The van der Waals surface area contributed by atoms with Crippen molar-refractivity contribution in [3.63, 3.8) is 0 Å². The van der Waals surface area contributed by atoms with E-state index in [0.29, 0.717) is 0 Å². The molecular weight excluding hydrogens is 251 g/mol. The van der Waals surface area contributed by atoms with Gasteiger partial charge in [-0.2, -0.15) is 0 Å². The molecule has 0 atom stereocenters. The molecular formula is C17H19FN2. The van der Waals surface area contributed by atoms with Crippen LogP contribution in [0.4, 0.5) is 10.1 Å². The lowest BCUT2D eigenvalue weighted by Crippen LogP contribution is -2.05. The molecule has 3 rings (SSSR count).